The number of hydrogen-bond donors (Lipinski definition) is 9. The summed E-state index contributed by atoms with van der Waals surface area (Å²) in [4.78, 5) is 84.9. The van der Waals surface area contributed by atoms with E-state index >= 15 is 0 Å². The van der Waals surface area contributed by atoms with Gasteiger partial charge in [0.05, 0.1) is 25.8 Å². The summed E-state index contributed by atoms with van der Waals surface area (Å²) in [5.74, 6) is -6.03. The second-order valence-electron chi connectivity index (χ2n) is 8.63. The number of nitrogens with one attached hydrogen (secondary N) is 4. The van der Waals surface area contributed by atoms with Crippen molar-refractivity contribution >= 4 is 41.4 Å². The first-order valence-corrected chi connectivity index (χ1v) is 11.8. The van der Waals surface area contributed by atoms with Gasteiger partial charge in [0, 0.05) is 13.0 Å². The zero-order chi connectivity index (χ0) is 29.0. The molecule has 1 aliphatic heterocycles. The van der Waals surface area contributed by atoms with E-state index in [0.29, 0.717) is 12.8 Å². The quantitative estimate of drug-likeness (QED) is 0.0934. The maximum absolute atomic E-state index is 12.8. The van der Waals surface area contributed by atoms with E-state index in [9.17, 15) is 38.7 Å². The average molecular weight is 546 g/mol. The lowest BCUT2D eigenvalue weighted by Crippen LogP contribution is -2.57. The topological polar surface area (TPSA) is 284 Å². The van der Waals surface area contributed by atoms with Crippen molar-refractivity contribution in [3.63, 3.8) is 0 Å². The summed E-state index contributed by atoms with van der Waals surface area (Å²) in [6.45, 7) is -0.860. The SMILES string of the molecule is C[C@H](NC(=O)[C@@H]1CCCN1C(=O)[C@@H](N)CCC(N)=O)C(=O)N[C@@H](CO)C(=O)NCC(=O)N[C@@H](CO)C(=O)O. The van der Waals surface area contributed by atoms with E-state index in [4.69, 9.17) is 21.7 Å². The first kappa shape index (κ1) is 32.2. The third kappa shape index (κ3) is 9.91. The summed E-state index contributed by atoms with van der Waals surface area (Å²) in [7, 11) is 0. The Hall–Kier alpha value is -3.83. The summed E-state index contributed by atoms with van der Waals surface area (Å²) in [5.41, 5.74) is 10.9. The van der Waals surface area contributed by atoms with Crippen molar-refractivity contribution in [1.29, 1.82) is 0 Å². The van der Waals surface area contributed by atoms with Gasteiger partial charge in [0.25, 0.3) is 0 Å². The van der Waals surface area contributed by atoms with Crippen LogP contribution >= 0.6 is 0 Å². The Balaban J connectivity index is 2.63. The van der Waals surface area contributed by atoms with E-state index in [0.717, 1.165) is 0 Å². The van der Waals surface area contributed by atoms with Crippen molar-refractivity contribution in [2.45, 2.75) is 62.8 Å². The minimum atomic E-state index is -1.57. The normalized spacial score (nSPS) is 17.9. The molecule has 1 fully saturated rings. The Morgan fingerprint density at radius 2 is 1.61 bits per heavy atom. The molecule has 1 heterocycles. The second kappa shape index (κ2) is 15.4. The summed E-state index contributed by atoms with van der Waals surface area (Å²) in [6, 6.07) is -6.19. The predicted octanol–water partition coefficient (Wildman–Crippen LogP) is -5.77. The Morgan fingerprint density at radius 1 is 0.974 bits per heavy atom. The molecule has 0 aromatic heterocycles. The molecule has 17 nitrogen and oxygen atoms in total. The van der Waals surface area contributed by atoms with Crippen LogP contribution in [0.5, 0.6) is 0 Å². The molecule has 214 valence electrons. The number of hydrogen-bond acceptors (Lipinski definition) is 10. The third-order valence-electron chi connectivity index (χ3n) is 5.66. The van der Waals surface area contributed by atoms with Crippen LogP contribution in [0.2, 0.25) is 0 Å². The maximum atomic E-state index is 12.8. The molecule has 5 atom stereocenters. The Bertz CT molecular complexity index is 915. The summed E-state index contributed by atoms with van der Waals surface area (Å²) < 4.78 is 0. The molecule has 0 unspecified atom stereocenters. The number of carboxylic acids is 1. The number of aliphatic hydroxyl groups is 2. The zero-order valence-electron chi connectivity index (χ0n) is 20.8. The van der Waals surface area contributed by atoms with Gasteiger partial charge in [0.2, 0.25) is 35.4 Å². The van der Waals surface area contributed by atoms with Gasteiger partial charge in [-0.25, -0.2) is 4.79 Å². The number of carbonyl (C=O) groups excluding carboxylic acids is 6. The van der Waals surface area contributed by atoms with Gasteiger partial charge in [-0.3, -0.25) is 28.8 Å². The van der Waals surface area contributed by atoms with Crippen molar-refractivity contribution < 1.29 is 48.9 Å². The maximum Gasteiger partial charge on any atom is 0.328 e. The highest BCUT2D eigenvalue weighted by Crippen LogP contribution is 2.19. The number of nitrogens with two attached hydrogens (primary N) is 2. The zero-order valence-corrected chi connectivity index (χ0v) is 20.8. The van der Waals surface area contributed by atoms with Gasteiger partial charge < -0.3 is 53.0 Å². The van der Waals surface area contributed by atoms with E-state index in [-0.39, 0.29) is 19.4 Å². The molecule has 1 aliphatic rings. The van der Waals surface area contributed by atoms with Crippen molar-refractivity contribution in [1.82, 2.24) is 26.2 Å². The number of carboxylic acid groups (broad SMARTS) is 1. The molecule has 0 saturated carbocycles. The molecule has 0 aromatic carbocycles. The lowest BCUT2D eigenvalue weighted by Gasteiger charge is -2.28. The first-order valence-electron chi connectivity index (χ1n) is 11.8. The molecule has 11 N–H and O–H groups in total. The molecule has 0 bridgehead atoms. The highest BCUT2D eigenvalue weighted by molar-refractivity contribution is 5.95. The van der Waals surface area contributed by atoms with Crippen LogP contribution in [0.3, 0.4) is 0 Å². The van der Waals surface area contributed by atoms with Gasteiger partial charge in [-0.15, -0.1) is 0 Å². The number of rotatable bonds is 15. The fraction of sp³-hybridized carbons (Fsp3) is 0.667. The molecule has 0 aliphatic carbocycles. The standard InChI is InChI=1S/C21H35N7O10/c1-10(25-19(35)14-3-2-6-28(14)20(36)11(22)4-5-15(23)31)17(33)27-12(8-29)18(34)24-7-16(32)26-13(9-30)21(37)38/h10-14,29-30H,2-9,22H2,1H3,(H2,23,31)(H,24,34)(H,25,35)(H,26,32)(H,27,33)(H,37,38)/t10-,11-,12-,13-,14-/m0/s1. The van der Waals surface area contributed by atoms with Crippen LogP contribution in [-0.2, 0) is 33.6 Å². The van der Waals surface area contributed by atoms with Crippen LogP contribution in [0.15, 0.2) is 0 Å². The molecular formula is C21H35N7O10. The summed E-state index contributed by atoms with van der Waals surface area (Å²) in [6.07, 6.45) is 0.756. The van der Waals surface area contributed by atoms with E-state index in [1.54, 1.807) is 0 Å². The van der Waals surface area contributed by atoms with Gasteiger partial charge in [0.1, 0.15) is 24.2 Å². The Morgan fingerprint density at radius 3 is 2.16 bits per heavy atom. The molecule has 17 heteroatoms. The van der Waals surface area contributed by atoms with Crippen LogP contribution in [0.1, 0.15) is 32.6 Å². The molecule has 38 heavy (non-hydrogen) atoms. The first-order chi connectivity index (χ1) is 17.8. The summed E-state index contributed by atoms with van der Waals surface area (Å²) in [5, 5.41) is 35.9. The number of aliphatic carboxylic acids is 1. The molecule has 1 rings (SSSR count). The van der Waals surface area contributed by atoms with Gasteiger partial charge in [-0.1, -0.05) is 0 Å². The molecule has 1 saturated heterocycles. The van der Waals surface area contributed by atoms with Gasteiger partial charge >= 0.3 is 5.97 Å². The number of primary amides is 1. The number of amides is 6. The highest BCUT2D eigenvalue weighted by atomic mass is 16.4. The third-order valence-corrected chi connectivity index (χ3v) is 5.66. The van der Waals surface area contributed by atoms with E-state index in [1.165, 1.54) is 11.8 Å². The lowest BCUT2D eigenvalue weighted by molar-refractivity contribution is -0.143. The second-order valence-corrected chi connectivity index (χ2v) is 8.63. The van der Waals surface area contributed by atoms with Crippen LogP contribution in [0.25, 0.3) is 0 Å². The van der Waals surface area contributed by atoms with Crippen molar-refractivity contribution in [2.75, 3.05) is 26.3 Å². The lowest BCUT2D eigenvalue weighted by atomic mass is 10.1. The monoisotopic (exact) mass is 545 g/mol. The molecule has 0 aromatic rings. The van der Waals surface area contributed by atoms with Gasteiger partial charge in [-0.2, -0.15) is 0 Å². The van der Waals surface area contributed by atoms with Crippen molar-refractivity contribution in [3.05, 3.63) is 0 Å². The molecule has 0 radical (unpaired) electrons. The number of likely N-dealkylation sites (tertiary alicyclic amines) is 1. The number of nitrogens with zero attached hydrogens (tertiary/aromatic N) is 1. The fourth-order valence-corrected chi connectivity index (χ4v) is 3.52. The van der Waals surface area contributed by atoms with Crippen LogP contribution in [0, 0.1) is 0 Å². The largest absolute Gasteiger partial charge is 0.480 e. The minimum Gasteiger partial charge on any atom is -0.480 e. The Kier molecular flexibility index (Phi) is 13.1. The molecular weight excluding hydrogens is 510 g/mol. The smallest absolute Gasteiger partial charge is 0.328 e. The van der Waals surface area contributed by atoms with E-state index in [1.807, 2.05) is 5.32 Å². The predicted molar refractivity (Wildman–Crippen MR) is 127 cm³/mol. The number of aliphatic hydroxyl groups excluding tert-OH is 2. The van der Waals surface area contributed by atoms with Crippen molar-refractivity contribution in [2.24, 2.45) is 11.5 Å². The van der Waals surface area contributed by atoms with Gasteiger partial charge in [-0.05, 0) is 26.2 Å². The summed E-state index contributed by atoms with van der Waals surface area (Å²) >= 11 is 0. The highest BCUT2D eigenvalue weighted by Gasteiger charge is 2.37. The number of carbonyl (C=O) groups is 7. The average Bonchev–Trinajstić information content (AvgIpc) is 3.36. The van der Waals surface area contributed by atoms with Gasteiger partial charge in [0.15, 0.2) is 0 Å². The van der Waals surface area contributed by atoms with Crippen LogP contribution in [0.4, 0.5) is 0 Å². The van der Waals surface area contributed by atoms with E-state index in [2.05, 4.69) is 16.0 Å². The van der Waals surface area contributed by atoms with E-state index < -0.39 is 91.4 Å². The van der Waals surface area contributed by atoms with Crippen molar-refractivity contribution in [3.8, 4) is 0 Å². The van der Waals surface area contributed by atoms with Crippen LogP contribution < -0.4 is 32.7 Å². The molecule has 0 spiro atoms. The Labute approximate surface area is 217 Å². The minimum absolute atomic E-state index is 0.0195. The fourth-order valence-electron chi connectivity index (χ4n) is 3.52. The van der Waals surface area contributed by atoms with Crippen LogP contribution in [-0.4, -0.2) is 118 Å². The molecule has 6 amide bonds.